The van der Waals surface area contributed by atoms with Crippen LogP contribution in [0.3, 0.4) is 0 Å². The van der Waals surface area contributed by atoms with Crippen molar-refractivity contribution in [2.24, 2.45) is 5.73 Å². The number of hydrogen-bond acceptors (Lipinski definition) is 3. The Bertz CT molecular complexity index is 554. The number of benzene rings is 1. The maximum absolute atomic E-state index is 12.4. The van der Waals surface area contributed by atoms with Gasteiger partial charge in [0.2, 0.25) is 15.9 Å². The molecule has 0 heterocycles. The zero-order valence-corrected chi connectivity index (χ0v) is 9.68. The molecule has 5 nitrogen and oxygen atoms in total. The highest BCUT2D eigenvalue weighted by atomic mass is 32.2. The largest absolute Gasteiger partial charge is 0.416 e. The summed E-state index contributed by atoms with van der Waals surface area (Å²) >= 11 is 0. The third-order valence-electron chi connectivity index (χ3n) is 1.91. The fourth-order valence-electron chi connectivity index (χ4n) is 1.09. The molecule has 0 radical (unpaired) electrons. The van der Waals surface area contributed by atoms with Crippen molar-refractivity contribution in [1.82, 2.24) is 4.72 Å². The van der Waals surface area contributed by atoms with Gasteiger partial charge in [-0.2, -0.15) is 13.2 Å². The van der Waals surface area contributed by atoms with Gasteiger partial charge in [-0.3, -0.25) is 4.79 Å². The Morgan fingerprint density at radius 3 is 2.44 bits per heavy atom. The van der Waals surface area contributed by atoms with Gasteiger partial charge in [0.15, 0.2) is 0 Å². The number of primary amides is 1. The number of carbonyl (C=O) groups is 1. The van der Waals surface area contributed by atoms with Crippen molar-refractivity contribution in [1.29, 1.82) is 0 Å². The summed E-state index contributed by atoms with van der Waals surface area (Å²) in [5.74, 6) is -0.939. The van der Waals surface area contributed by atoms with Crippen molar-refractivity contribution in [3.05, 3.63) is 29.8 Å². The predicted octanol–water partition coefficient (Wildman–Crippen LogP) is 0.469. The van der Waals surface area contributed by atoms with Crippen LogP contribution in [0.5, 0.6) is 0 Å². The number of amides is 1. The normalized spacial score (nSPS) is 12.4. The van der Waals surface area contributed by atoms with Gasteiger partial charge in [0, 0.05) is 0 Å². The van der Waals surface area contributed by atoms with Crippen LogP contribution >= 0.6 is 0 Å². The molecule has 1 aromatic rings. The molecule has 0 saturated heterocycles. The predicted molar refractivity (Wildman–Crippen MR) is 55.8 cm³/mol. The van der Waals surface area contributed by atoms with Gasteiger partial charge < -0.3 is 5.73 Å². The van der Waals surface area contributed by atoms with Gasteiger partial charge in [-0.05, 0) is 18.2 Å². The second-order valence-electron chi connectivity index (χ2n) is 3.32. The van der Waals surface area contributed by atoms with Crippen LogP contribution in [0.2, 0.25) is 0 Å². The Hall–Kier alpha value is -1.61. The van der Waals surface area contributed by atoms with Crippen molar-refractivity contribution < 1.29 is 26.4 Å². The van der Waals surface area contributed by atoms with E-state index >= 15 is 0 Å². The molecule has 0 spiro atoms. The molecule has 1 rings (SSSR count). The first kappa shape index (κ1) is 14.5. The van der Waals surface area contributed by atoms with Crippen molar-refractivity contribution in [2.75, 3.05) is 6.54 Å². The molecule has 100 valence electrons. The molecule has 3 N–H and O–H groups in total. The molecular weight excluding hydrogens is 273 g/mol. The van der Waals surface area contributed by atoms with E-state index in [1.807, 2.05) is 0 Å². The highest BCUT2D eigenvalue weighted by Gasteiger charge is 2.31. The van der Waals surface area contributed by atoms with Gasteiger partial charge >= 0.3 is 6.18 Å². The van der Waals surface area contributed by atoms with Crippen LogP contribution in [-0.2, 0) is 21.0 Å². The maximum Gasteiger partial charge on any atom is 0.416 e. The molecule has 0 aliphatic carbocycles. The molecule has 1 aromatic carbocycles. The molecule has 18 heavy (non-hydrogen) atoms. The molecule has 0 saturated carbocycles. The van der Waals surface area contributed by atoms with Gasteiger partial charge in [0.05, 0.1) is 17.0 Å². The van der Waals surface area contributed by atoms with Gasteiger partial charge in [-0.15, -0.1) is 0 Å². The Balaban J connectivity index is 3.07. The van der Waals surface area contributed by atoms with Crippen molar-refractivity contribution >= 4 is 15.9 Å². The van der Waals surface area contributed by atoms with Crippen LogP contribution in [0.4, 0.5) is 13.2 Å². The summed E-state index contributed by atoms with van der Waals surface area (Å²) in [4.78, 5) is 9.83. The van der Waals surface area contributed by atoms with Crippen molar-refractivity contribution in [2.45, 2.75) is 11.1 Å². The van der Waals surface area contributed by atoms with Crippen LogP contribution in [-0.4, -0.2) is 20.9 Å². The Morgan fingerprint density at radius 1 is 1.33 bits per heavy atom. The number of nitrogens with one attached hydrogen (secondary N) is 1. The third kappa shape index (κ3) is 3.70. The second-order valence-corrected chi connectivity index (χ2v) is 5.08. The molecule has 0 aliphatic rings. The van der Waals surface area contributed by atoms with E-state index in [1.54, 1.807) is 4.72 Å². The first-order valence-electron chi connectivity index (χ1n) is 4.58. The zero-order valence-electron chi connectivity index (χ0n) is 8.86. The number of halogens is 3. The first-order valence-corrected chi connectivity index (χ1v) is 6.06. The Labute approximate surface area is 101 Å². The van der Waals surface area contributed by atoms with E-state index in [4.69, 9.17) is 5.73 Å². The highest BCUT2D eigenvalue weighted by molar-refractivity contribution is 7.89. The van der Waals surface area contributed by atoms with E-state index < -0.39 is 39.1 Å². The molecule has 1 amide bonds. The molecule has 9 heteroatoms. The summed E-state index contributed by atoms with van der Waals surface area (Å²) in [7, 11) is -4.19. The highest BCUT2D eigenvalue weighted by Crippen LogP contribution is 2.30. The summed E-state index contributed by atoms with van der Waals surface area (Å²) < 4.78 is 62.0. The molecule has 0 bridgehead atoms. The maximum atomic E-state index is 12.4. The van der Waals surface area contributed by atoms with E-state index in [0.717, 1.165) is 18.2 Å². The lowest BCUT2D eigenvalue weighted by atomic mass is 10.2. The van der Waals surface area contributed by atoms with Gasteiger partial charge in [-0.1, -0.05) is 6.07 Å². The number of alkyl halides is 3. The van der Waals surface area contributed by atoms with Crippen molar-refractivity contribution in [3.8, 4) is 0 Å². The number of nitrogens with two attached hydrogens (primary N) is 1. The van der Waals surface area contributed by atoms with Crippen LogP contribution < -0.4 is 10.5 Å². The Morgan fingerprint density at radius 2 is 1.94 bits per heavy atom. The number of sulfonamides is 1. The zero-order chi connectivity index (χ0) is 14.0. The van der Waals surface area contributed by atoms with Crippen LogP contribution in [0.15, 0.2) is 29.2 Å². The summed E-state index contributed by atoms with van der Waals surface area (Å²) in [6.07, 6.45) is -4.64. The fourth-order valence-corrected chi connectivity index (χ4v) is 2.13. The van der Waals surface area contributed by atoms with Gasteiger partial charge in [0.25, 0.3) is 0 Å². The quantitative estimate of drug-likeness (QED) is 0.841. The molecule has 0 aliphatic heterocycles. The van der Waals surface area contributed by atoms with E-state index in [-0.39, 0.29) is 0 Å². The lowest BCUT2D eigenvalue weighted by Crippen LogP contribution is -2.33. The lowest BCUT2D eigenvalue weighted by molar-refractivity contribution is -0.137. The summed E-state index contributed by atoms with van der Waals surface area (Å²) in [5, 5.41) is 0. The van der Waals surface area contributed by atoms with Gasteiger partial charge in [-0.25, -0.2) is 13.1 Å². The van der Waals surface area contributed by atoms with Crippen LogP contribution in [0, 0.1) is 0 Å². The number of hydrogen-bond donors (Lipinski definition) is 2. The molecule has 0 atom stereocenters. The smallest absolute Gasteiger partial charge is 0.369 e. The molecule has 0 fully saturated rings. The average molecular weight is 282 g/mol. The van der Waals surface area contributed by atoms with E-state index in [1.165, 1.54) is 0 Å². The number of carbonyl (C=O) groups excluding carboxylic acids is 1. The summed E-state index contributed by atoms with van der Waals surface area (Å²) in [6.45, 7) is -0.682. The minimum absolute atomic E-state index is 0.476. The standard InChI is InChI=1S/C9H9F3N2O3S/c10-9(11,12)6-2-1-3-7(4-6)18(16,17)14-5-8(13)15/h1-4,14H,5H2,(H2,13,15). The minimum atomic E-state index is -4.64. The van der Waals surface area contributed by atoms with E-state index in [0.29, 0.717) is 6.07 Å². The lowest BCUT2D eigenvalue weighted by Gasteiger charge is -2.09. The number of rotatable bonds is 4. The SMILES string of the molecule is NC(=O)CNS(=O)(=O)c1cccc(C(F)(F)F)c1. The summed E-state index contributed by atoms with van der Waals surface area (Å²) in [5.41, 5.74) is 3.64. The van der Waals surface area contributed by atoms with Crippen LogP contribution in [0.25, 0.3) is 0 Å². The molecular formula is C9H9F3N2O3S. The fraction of sp³-hybridized carbons (Fsp3) is 0.222. The monoisotopic (exact) mass is 282 g/mol. The molecule has 0 aromatic heterocycles. The van der Waals surface area contributed by atoms with Crippen LogP contribution in [0.1, 0.15) is 5.56 Å². The van der Waals surface area contributed by atoms with E-state index in [2.05, 4.69) is 0 Å². The molecule has 0 unspecified atom stereocenters. The van der Waals surface area contributed by atoms with E-state index in [9.17, 15) is 26.4 Å². The minimum Gasteiger partial charge on any atom is -0.369 e. The topological polar surface area (TPSA) is 89.3 Å². The second kappa shape index (κ2) is 4.94. The average Bonchev–Trinajstić information content (AvgIpc) is 2.26. The van der Waals surface area contributed by atoms with Gasteiger partial charge in [0.1, 0.15) is 0 Å². The third-order valence-corrected chi connectivity index (χ3v) is 3.31. The summed E-state index contributed by atoms with van der Waals surface area (Å²) in [6, 6.07) is 3.16. The first-order chi connectivity index (χ1) is 8.13. The Kier molecular flexibility index (Phi) is 3.97. The van der Waals surface area contributed by atoms with Crippen molar-refractivity contribution in [3.63, 3.8) is 0 Å².